The van der Waals surface area contributed by atoms with Crippen molar-refractivity contribution in [3.63, 3.8) is 0 Å². The number of amides is 1. The number of quaternary nitrogens is 1. The van der Waals surface area contributed by atoms with E-state index in [9.17, 15) is 9.59 Å². The average molecular weight is 263 g/mol. The van der Waals surface area contributed by atoms with Gasteiger partial charge in [-0.15, -0.1) is 0 Å². The number of primary amides is 1. The summed E-state index contributed by atoms with van der Waals surface area (Å²) in [6.45, 7) is 3.24. The van der Waals surface area contributed by atoms with Gasteiger partial charge in [-0.3, -0.25) is 9.59 Å². The molecule has 0 saturated carbocycles. The summed E-state index contributed by atoms with van der Waals surface area (Å²) in [4.78, 5) is 25.0. The van der Waals surface area contributed by atoms with E-state index in [2.05, 4.69) is 0 Å². The first kappa shape index (κ1) is 13.7. The fourth-order valence-corrected chi connectivity index (χ4v) is 2.34. The van der Waals surface area contributed by atoms with Crippen molar-refractivity contribution >= 4 is 11.7 Å². The van der Waals surface area contributed by atoms with Crippen LogP contribution in [0, 0.1) is 0 Å². The van der Waals surface area contributed by atoms with Crippen LogP contribution in [0.2, 0.25) is 0 Å². The Labute approximate surface area is 112 Å². The summed E-state index contributed by atoms with van der Waals surface area (Å²) in [5.74, 6) is -1.53. The summed E-state index contributed by atoms with van der Waals surface area (Å²) < 4.78 is 5.25. The maximum Gasteiger partial charge on any atom is 0.232 e. The number of morpholine rings is 1. The first-order valence-electron chi connectivity index (χ1n) is 6.47. The van der Waals surface area contributed by atoms with Crippen LogP contribution in [0.1, 0.15) is 11.5 Å². The minimum Gasteiger partial charge on any atom is -0.370 e. The van der Waals surface area contributed by atoms with Crippen molar-refractivity contribution in [3.8, 4) is 0 Å². The molecule has 0 spiro atoms. The molecule has 1 aliphatic heterocycles. The Bertz CT molecular complexity index is 441. The van der Waals surface area contributed by atoms with Gasteiger partial charge in [-0.2, -0.15) is 0 Å². The molecule has 3 N–H and O–H groups in total. The van der Waals surface area contributed by atoms with E-state index in [1.165, 1.54) is 0 Å². The third-order valence-electron chi connectivity index (χ3n) is 3.36. The molecular formula is C14H19N2O3+. The van der Waals surface area contributed by atoms with Crippen LogP contribution in [0.25, 0.3) is 0 Å². The van der Waals surface area contributed by atoms with Crippen molar-refractivity contribution in [2.24, 2.45) is 5.73 Å². The Morgan fingerprint density at radius 3 is 2.42 bits per heavy atom. The second-order valence-electron chi connectivity index (χ2n) is 4.75. The fourth-order valence-electron chi connectivity index (χ4n) is 2.34. The number of carbonyl (C=O) groups excluding carboxylic acids is 2. The van der Waals surface area contributed by atoms with Gasteiger partial charge in [0.05, 0.1) is 13.2 Å². The van der Waals surface area contributed by atoms with Gasteiger partial charge in [0.25, 0.3) is 0 Å². The summed E-state index contributed by atoms with van der Waals surface area (Å²) >= 11 is 0. The van der Waals surface area contributed by atoms with Crippen molar-refractivity contribution in [3.05, 3.63) is 35.9 Å². The zero-order chi connectivity index (χ0) is 13.7. The lowest BCUT2D eigenvalue weighted by Gasteiger charge is -2.24. The highest BCUT2D eigenvalue weighted by atomic mass is 16.5. The summed E-state index contributed by atoms with van der Waals surface area (Å²) in [7, 11) is 0. The molecule has 0 unspecified atom stereocenters. The molecule has 102 valence electrons. The van der Waals surface area contributed by atoms with Crippen LogP contribution in [0.4, 0.5) is 0 Å². The summed E-state index contributed by atoms with van der Waals surface area (Å²) in [5.41, 5.74) is 6.05. The summed E-state index contributed by atoms with van der Waals surface area (Å²) in [6.07, 6.45) is 0. The molecule has 1 aliphatic rings. The lowest BCUT2D eigenvalue weighted by atomic mass is 9.93. The number of ketones is 1. The van der Waals surface area contributed by atoms with Crippen molar-refractivity contribution in [1.82, 2.24) is 0 Å². The van der Waals surface area contributed by atoms with Crippen LogP contribution in [0.15, 0.2) is 30.3 Å². The minimum absolute atomic E-state index is 0.115. The zero-order valence-corrected chi connectivity index (χ0v) is 10.8. The van der Waals surface area contributed by atoms with Gasteiger partial charge in [-0.05, 0) is 5.56 Å². The van der Waals surface area contributed by atoms with Crippen LogP contribution >= 0.6 is 0 Å². The first-order chi connectivity index (χ1) is 9.18. The van der Waals surface area contributed by atoms with Gasteiger partial charge in [-0.25, -0.2) is 0 Å². The zero-order valence-electron chi connectivity index (χ0n) is 10.8. The van der Waals surface area contributed by atoms with E-state index in [4.69, 9.17) is 10.5 Å². The predicted molar refractivity (Wildman–Crippen MR) is 69.8 cm³/mol. The molecule has 1 aromatic carbocycles. The van der Waals surface area contributed by atoms with Gasteiger partial charge in [0.2, 0.25) is 11.7 Å². The molecule has 0 bridgehead atoms. The number of hydrogen-bond acceptors (Lipinski definition) is 3. The van der Waals surface area contributed by atoms with Gasteiger partial charge in [0.15, 0.2) is 0 Å². The molecule has 0 aromatic heterocycles. The number of ether oxygens (including phenoxy) is 1. The van der Waals surface area contributed by atoms with E-state index < -0.39 is 11.8 Å². The van der Waals surface area contributed by atoms with Gasteiger partial charge in [-0.1, -0.05) is 30.3 Å². The monoisotopic (exact) mass is 263 g/mol. The maximum absolute atomic E-state index is 12.3. The van der Waals surface area contributed by atoms with Crippen LogP contribution in [0.5, 0.6) is 0 Å². The van der Waals surface area contributed by atoms with Crippen molar-refractivity contribution in [1.29, 1.82) is 0 Å². The molecule has 2 rings (SSSR count). The molecule has 1 fully saturated rings. The number of rotatable bonds is 5. The molecule has 0 radical (unpaired) electrons. The van der Waals surface area contributed by atoms with Crippen LogP contribution in [0.3, 0.4) is 0 Å². The summed E-state index contributed by atoms with van der Waals surface area (Å²) in [6, 6.07) is 8.99. The smallest absolute Gasteiger partial charge is 0.232 e. The Balaban J connectivity index is 2.06. The van der Waals surface area contributed by atoms with Gasteiger partial charge >= 0.3 is 0 Å². The second kappa shape index (κ2) is 6.45. The Morgan fingerprint density at radius 1 is 1.21 bits per heavy atom. The van der Waals surface area contributed by atoms with Crippen LogP contribution in [-0.4, -0.2) is 44.5 Å². The van der Waals surface area contributed by atoms with Crippen LogP contribution < -0.4 is 10.6 Å². The number of Topliss-reactive ketones (excluding diaryl/α,β-unsaturated/α-hetero) is 1. The Hall–Kier alpha value is -1.72. The molecule has 0 aliphatic carbocycles. The second-order valence-corrected chi connectivity index (χ2v) is 4.75. The molecule has 19 heavy (non-hydrogen) atoms. The molecule has 1 atom stereocenters. The SMILES string of the molecule is NC(=O)[C@@H](C(=O)C[NH+]1CCOCC1)c1ccccc1. The molecule has 1 saturated heterocycles. The number of hydrogen-bond donors (Lipinski definition) is 2. The molecule has 1 aromatic rings. The predicted octanol–water partition coefficient (Wildman–Crippen LogP) is -1.26. The molecule has 5 heteroatoms. The Kier molecular flexibility index (Phi) is 4.65. The van der Waals surface area contributed by atoms with Gasteiger partial charge in [0.1, 0.15) is 25.6 Å². The maximum atomic E-state index is 12.3. The molecule has 1 heterocycles. The largest absolute Gasteiger partial charge is 0.370 e. The highest BCUT2D eigenvalue weighted by molar-refractivity contribution is 6.06. The fraction of sp³-hybridized carbons (Fsp3) is 0.429. The van der Waals surface area contributed by atoms with E-state index in [0.29, 0.717) is 25.3 Å². The van der Waals surface area contributed by atoms with Crippen molar-refractivity contribution in [2.45, 2.75) is 5.92 Å². The average Bonchev–Trinajstić information content (AvgIpc) is 2.40. The lowest BCUT2D eigenvalue weighted by molar-refractivity contribution is -0.900. The normalized spacial score (nSPS) is 17.9. The number of benzene rings is 1. The minimum atomic E-state index is -0.837. The third-order valence-corrected chi connectivity index (χ3v) is 3.36. The topological polar surface area (TPSA) is 73.8 Å². The highest BCUT2D eigenvalue weighted by Gasteiger charge is 2.29. The summed E-state index contributed by atoms with van der Waals surface area (Å²) in [5, 5.41) is 0. The van der Waals surface area contributed by atoms with Crippen LogP contribution in [-0.2, 0) is 14.3 Å². The number of carbonyl (C=O) groups is 2. The van der Waals surface area contributed by atoms with Gasteiger partial charge in [0, 0.05) is 0 Å². The van der Waals surface area contributed by atoms with Crippen molar-refractivity contribution in [2.75, 3.05) is 32.8 Å². The molecule has 1 amide bonds. The molecular weight excluding hydrogens is 244 g/mol. The quantitative estimate of drug-likeness (QED) is 0.651. The van der Waals surface area contributed by atoms with E-state index >= 15 is 0 Å². The van der Waals surface area contributed by atoms with E-state index in [0.717, 1.165) is 18.0 Å². The first-order valence-corrected chi connectivity index (χ1v) is 6.47. The highest BCUT2D eigenvalue weighted by Crippen LogP contribution is 2.15. The van der Waals surface area contributed by atoms with Crippen molar-refractivity contribution < 1.29 is 19.2 Å². The number of nitrogens with one attached hydrogen (secondary N) is 1. The Morgan fingerprint density at radius 2 is 1.84 bits per heavy atom. The van der Waals surface area contributed by atoms with E-state index in [-0.39, 0.29) is 5.78 Å². The number of nitrogens with two attached hydrogens (primary N) is 1. The lowest BCUT2D eigenvalue weighted by Crippen LogP contribution is -3.15. The van der Waals surface area contributed by atoms with E-state index in [1.54, 1.807) is 24.3 Å². The van der Waals surface area contributed by atoms with E-state index in [1.807, 2.05) is 6.07 Å². The standard InChI is InChI=1S/C14H18N2O3/c15-14(18)13(11-4-2-1-3-5-11)12(17)10-16-6-8-19-9-7-16/h1-5,13H,6-10H2,(H2,15,18)/p+1/t13-/m1/s1. The third kappa shape index (κ3) is 3.62. The molecule has 5 nitrogen and oxygen atoms in total. The van der Waals surface area contributed by atoms with Gasteiger partial charge < -0.3 is 15.4 Å².